The third-order valence-corrected chi connectivity index (χ3v) is 3.42. The van der Waals surface area contributed by atoms with Crippen LogP contribution in [-0.4, -0.2) is 24.8 Å². The molecule has 124 valence electrons. The number of alkyl halides is 3. The maximum absolute atomic E-state index is 12.2. The second-order valence-corrected chi connectivity index (χ2v) is 5.19. The van der Waals surface area contributed by atoms with Crippen LogP contribution in [0.5, 0.6) is 0 Å². The molecule has 5 nitrogen and oxygen atoms in total. The highest BCUT2D eigenvalue weighted by molar-refractivity contribution is 6.31. The van der Waals surface area contributed by atoms with Gasteiger partial charge in [0.05, 0.1) is 11.6 Å². The van der Waals surface area contributed by atoms with Gasteiger partial charge < -0.3 is 15.4 Å². The van der Waals surface area contributed by atoms with Crippen molar-refractivity contribution in [3.05, 3.63) is 46.1 Å². The minimum Gasteiger partial charge on any atom is -0.453 e. The van der Waals surface area contributed by atoms with Crippen LogP contribution in [0, 0.1) is 0 Å². The number of allylic oxidation sites excluding steroid dienone is 1. The Balaban J connectivity index is 2.36. The first-order valence-electron chi connectivity index (χ1n) is 6.45. The second kappa shape index (κ2) is 6.49. The van der Waals surface area contributed by atoms with Crippen LogP contribution >= 0.6 is 11.6 Å². The lowest BCUT2D eigenvalue weighted by atomic mass is 9.95. The Morgan fingerprint density at radius 2 is 2.00 bits per heavy atom. The van der Waals surface area contributed by atoms with Crippen LogP contribution < -0.4 is 10.6 Å². The maximum atomic E-state index is 12.2. The summed E-state index contributed by atoms with van der Waals surface area (Å²) in [5.74, 6) is -1.18. The van der Waals surface area contributed by atoms with Crippen molar-refractivity contribution < 1.29 is 27.5 Å². The summed E-state index contributed by atoms with van der Waals surface area (Å²) in [5, 5.41) is 5.05. The predicted molar refractivity (Wildman–Crippen MR) is 75.6 cm³/mol. The quantitative estimate of drug-likeness (QED) is 0.825. The number of hydrogen-bond donors (Lipinski definition) is 2. The molecule has 1 aromatic rings. The molecule has 2 N–H and O–H groups in total. The number of hydrogen-bond acceptors (Lipinski definition) is 3. The van der Waals surface area contributed by atoms with E-state index in [1.165, 1.54) is 6.92 Å². The van der Waals surface area contributed by atoms with E-state index in [9.17, 15) is 22.8 Å². The van der Waals surface area contributed by atoms with Gasteiger partial charge in [0.1, 0.15) is 0 Å². The Kier molecular flexibility index (Phi) is 4.84. The lowest BCUT2D eigenvalue weighted by Gasteiger charge is -2.28. The van der Waals surface area contributed by atoms with E-state index in [1.54, 1.807) is 24.3 Å². The first-order valence-corrected chi connectivity index (χ1v) is 6.83. The van der Waals surface area contributed by atoms with E-state index in [4.69, 9.17) is 11.6 Å². The van der Waals surface area contributed by atoms with E-state index in [0.29, 0.717) is 5.56 Å². The SMILES string of the molecule is CC1=C(C(=O)OCC(F)(F)F)[C@H](c2ccccc2Cl)NC(=O)N1. The predicted octanol–water partition coefficient (Wildman–Crippen LogP) is 3.07. The normalized spacial score (nSPS) is 18.3. The van der Waals surface area contributed by atoms with Crippen LogP contribution in [0.2, 0.25) is 5.02 Å². The van der Waals surface area contributed by atoms with Gasteiger partial charge in [-0.15, -0.1) is 0 Å². The second-order valence-electron chi connectivity index (χ2n) is 4.78. The van der Waals surface area contributed by atoms with E-state index in [-0.39, 0.29) is 16.3 Å². The van der Waals surface area contributed by atoms with Crippen LogP contribution in [0.3, 0.4) is 0 Å². The molecule has 0 aromatic heterocycles. The molecule has 0 fully saturated rings. The van der Waals surface area contributed by atoms with Gasteiger partial charge in [0.2, 0.25) is 0 Å². The Hall–Kier alpha value is -2.22. The monoisotopic (exact) mass is 348 g/mol. The number of urea groups is 1. The molecule has 2 rings (SSSR count). The molecule has 23 heavy (non-hydrogen) atoms. The number of esters is 1. The number of nitrogens with one attached hydrogen (secondary N) is 2. The van der Waals surface area contributed by atoms with Crippen molar-refractivity contribution in [1.29, 1.82) is 0 Å². The molecular formula is C14H12ClF3N2O3. The molecule has 2 amide bonds. The molecule has 0 spiro atoms. The molecule has 0 bridgehead atoms. The van der Waals surface area contributed by atoms with Crippen molar-refractivity contribution in [1.82, 2.24) is 10.6 Å². The molecule has 1 aliphatic rings. The summed E-state index contributed by atoms with van der Waals surface area (Å²) in [7, 11) is 0. The van der Waals surface area contributed by atoms with Crippen LogP contribution in [0.1, 0.15) is 18.5 Å². The lowest BCUT2D eigenvalue weighted by molar-refractivity contribution is -0.183. The standard InChI is InChI=1S/C14H12ClF3N2O3/c1-7-10(12(21)23-6-14(16,17)18)11(20-13(22)19-7)8-4-2-3-5-9(8)15/h2-5,11H,6H2,1H3,(H2,19,20,22)/t11-/m0/s1. The molecule has 0 saturated heterocycles. The average molecular weight is 349 g/mol. The highest BCUT2D eigenvalue weighted by atomic mass is 35.5. The number of halogens is 4. The van der Waals surface area contributed by atoms with E-state index in [2.05, 4.69) is 15.4 Å². The summed E-state index contributed by atoms with van der Waals surface area (Å²) in [6, 6.07) is 4.77. The topological polar surface area (TPSA) is 67.4 Å². The number of rotatable bonds is 3. The van der Waals surface area contributed by atoms with Gasteiger partial charge in [-0.25, -0.2) is 9.59 Å². The summed E-state index contributed by atoms with van der Waals surface area (Å²) in [4.78, 5) is 23.7. The van der Waals surface area contributed by atoms with Crippen LogP contribution in [-0.2, 0) is 9.53 Å². The van der Waals surface area contributed by atoms with Crippen molar-refractivity contribution in [2.75, 3.05) is 6.61 Å². The highest BCUT2D eigenvalue weighted by Gasteiger charge is 2.36. The Morgan fingerprint density at radius 3 is 2.61 bits per heavy atom. The third kappa shape index (κ3) is 4.16. The number of carbonyl (C=O) groups is 2. The van der Waals surface area contributed by atoms with E-state index in [1.807, 2.05) is 0 Å². The van der Waals surface area contributed by atoms with Gasteiger partial charge in [-0.05, 0) is 18.6 Å². The molecule has 1 atom stereocenters. The van der Waals surface area contributed by atoms with Gasteiger partial charge >= 0.3 is 18.2 Å². The molecular weight excluding hydrogens is 337 g/mol. The first kappa shape index (κ1) is 17.1. The van der Waals surface area contributed by atoms with E-state index >= 15 is 0 Å². The van der Waals surface area contributed by atoms with Gasteiger partial charge in [-0.2, -0.15) is 13.2 Å². The van der Waals surface area contributed by atoms with Crippen LogP contribution in [0.25, 0.3) is 0 Å². The highest BCUT2D eigenvalue weighted by Crippen LogP contribution is 2.32. The molecule has 1 aromatic carbocycles. The van der Waals surface area contributed by atoms with Gasteiger partial charge in [-0.1, -0.05) is 29.8 Å². The summed E-state index contributed by atoms with van der Waals surface area (Å²) >= 11 is 6.05. The lowest BCUT2D eigenvalue weighted by Crippen LogP contribution is -2.45. The van der Waals surface area contributed by atoms with Gasteiger partial charge in [0.15, 0.2) is 6.61 Å². The first-order chi connectivity index (χ1) is 10.7. The van der Waals surface area contributed by atoms with Crippen molar-refractivity contribution >= 4 is 23.6 Å². The van der Waals surface area contributed by atoms with Gasteiger partial charge in [0.25, 0.3) is 0 Å². The van der Waals surface area contributed by atoms with Crippen molar-refractivity contribution in [2.45, 2.75) is 19.1 Å². The van der Waals surface area contributed by atoms with E-state index < -0.39 is 30.8 Å². The number of carbonyl (C=O) groups excluding carboxylic acids is 2. The smallest absolute Gasteiger partial charge is 0.422 e. The minimum atomic E-state index is -4.64. The Bertz CT molecular complexity index is 673. The van der Waals surface area contributed by atoms with Crippen molar-refractivity contribution in [3.8, 4) is 0 Å². The molecule has 1 heterocycles. The summed E-state index contributed by atoms with van der Waals surface area (Å²) < 4.78 is 41.0. The largest absolute Gasteiger partial charge is 0.453 e. The summed E-state index contributed by atoms with van der Waals surface area (Å²) in [6.07, 6.45) is -4.64. The number of ether oxygens (including phenoxy) is 1. The zero-order valence-corrected chi connectivity index (χ0v) is 12.6. The fraction of sp³-hybridized carbons (Fsp3) is 0.286. The zero-order valence-electron chi connectivity index (χ0n) is 11.8. The molecule has 0 saturated carbocycles. The van der Waals surface area contributed by atoms with Crippen LogP contribution in [0.4, 0.5) is 18.0 Å². The van der Waals surface area contributed by atoms with Gasteiger partial charge in [-0.3, -0.25) is 0 Å². The number of benzene rings is 1. The Morgan fingerprint density at radius 1 is 1.35 bits per heavy atom. The maximum Gasteiger partial charge on any atom is 0.422 e. The fourth-order valence-corrected chi connectivity index (χ4v) is 2.38. The minimum absolute atomic E-state index is 0.103. The molecule has 0 radical (unpaired) electrons. The summed E-state index contributed by atoms with van der Waals surface area (Å²) in [6.45, 7) is -0.321. The van der Waals surface area contributed by atoms with Crippen LogP contribution in [0.15, 0.2) is 35.5 Å². The Labute approximate surface area is 134 Å². The molecule has 0 unspecified atom stereocenters. The average Bonchev–Trinajstić information content (AvgIpc) is 2.43. The number of amides is 2. The zero-order chi connectivity index (χ0) is 17.2. The third-order valence-electron chi connectivity index (χ3n) is 3.07. The molecule has 0 aliphatic carbocycles. The summed E-state index contributed by atoms with van der Waals surface area (Å²) in [5.41, 5.74) is 0.343. The van der Waals surface area contributed by atoms with Gasteiger partial charge in [0, 0.05) is 10.7 Å². The molecule has 9 heteroatoms. The van der Waals surface area contributed by atoms with Crippen molar-refractivity contribution in [3.63, 3.8) is 0 Å². The fourth-order valence-electron chi connectivity index (χ4n) is 2.13. The van der Waals surface area contributed by atoms with E-state index in [0.717, 1.165) is 0 Å². The van der Waals surface area contributed by atoms with Crippen molar-refractivity contribution in [2.24, 2.45) is 0 Å². The molecule has 1 aliphatic heterocycles.